The van der Waals surface area contributed by atoms with Crippen molar-refractivity contribution in [1.29, 1.82) is 0 Å². The summed E-state index contributed by atoms with van der Waals surface area (Å²) in [5, 5.41) is 3.15. The van der Waals surface area contributed by atoms with E-state index in [2.05, 4.69) is 15.3 Å². The maximum atomic E-state index is 12.4. The van der Waals surface area contributed by atoms with E-state index in [0.717, 1.165) is 16.3 Å². The summed E-state index contributed by atoms with van der Waals surface area (Å²) in [6, 6.07) is 7.36. The molecule has 0 radical (unpaired) electrons. The van der Waals surface area contributed by atoms with E-state index < -0.39 is 5.25 Å². The van der Waals surface area contributed by atoms with E-state index in [1.165, 1.54) is 11.8 Å². The van der Waals surface area contributed by atoms with Crippen LogP contribution in [0, 0.1) is 0 Å². The third-order valence-electron chi connectivity index (χ3n) is 3.56. The SMILES string of the molecule is CN1C(=O)C(CC(=O)NCc2cccnc2)Sc2ncccc21. The first-order chi connectivity index (χ1) is 11.1. The maximum Gasteiger partial charge on any atom is 0.240 e. The number of thioether (sulfide) groups is 1. The molecule has 0 spiro atoms. The Kier molecular flexibility index (Phi) is 4.57. The Morgan fingerprint density at radius 3 is 2.96 bits per heavy atom. The molecule has 0 fully saturated rings. The predicted molar refractivity (Wildman–Crippen MR) is 88.0 cm³/mol. The number of anilines is 1. The molecule has 7 heteroatoms. The lowest BCUT2D eigenvalue weighted by Gasteiger charge is -2.29. The number of nitrogens with zero attached hydrogens (tertiary/aromatic N) is 3. The van der Waals surface area contributed by atoms with E-state index in [1.54, 1.807) is 36.6 Å². The van der Waals surface area contributed by atoms with Gasteiger partial charge in [-0.2, -0.15) is 0 Å². The zero-order chi connectivity index (χ0) is 16.2. The van der Waals surface area contributed by atoms with Gasteiger partial charge in [0.2, 0.25) is 11.8 Å². The molecule has 0 saturated carbocycles. The average Bonchev–Trinajstić information content (AvgIpc) is 2.58. The van der Waals surface area contributed by atoms with Crippen LogP contribution in [0.15, 0.2) is 47.9 Å². The van der Waals surface area contributed by atoms with Crippen molar-refractivity contribution < 1.29 is 9.59 Å². The van der Waals surface area contributed by atoms with Crippen LogP contribution in [0.1, 0.15) is 12.0 Å². The molecule has 6 nitrogen and oxygen atoms in total. The van der Waals surface area contributed by atoms with Crippen molar-refractivity contribution in [3.05, 3.63) is 48.4 Å². The quantitative estimate of drug-likeness (QED) is 0.923. The molecule has 1 unspecified atom stereocenters. The second-order valence-electron chi connectivity index (χ2n) is 5.17. The fourth-order valence-corrected chi connectivity index (χ4v) is 3.53. The van der Waals surface area contributed by atoms with Crippen molar-refractivity contribution >= 4 is 29.3 Å². The first kappa shape index (κ1) is 15.5. The van der Waals surface area contributed by atoms with Gasteiger partial charge in [-0.25, -0.2) is 4.98 Å². The Morgan fingerprint density at radius 2 is 2.17 bits per heavy atom. The molecule has 2 amide bonds. The van der Waals surface area contributed by atoms with Gasteiger partial charge in [0.15, 0.2) is 0 Å². The van der Waals surface area contributed by atoms with Gasteiger partial charge in [0.05, 0.1) is 10.9 Å². The number of amides is 2. The number of rotatable bonds is 4. The van der Waals surface area contributed by atoms with Crippen molar-refractivity contribution in [2.75, 3.05) is 11.9 Å². The van der Waals surface area contributed by atoms with E-state index in [-0.39, 0.29) is 18.2 Å². The van der Waals surface area contributed by atoms with Gasteiger partial charge in [-0.15, -0.1) is 0 Å². The Hall–Kier alpha value is -2.41. The summed E-state index contributed by atoms with van der Waals surface area (Å²) in [6.07, 6.45) is 5.21. The monoisotopic (exact) mass is 328 g/mol. The summed E-state index contributed by atoms with van der Waals surface area (Å²) >= 11 is 1.34. The minimum Gasteiger partial charge on any atom is -0.352 e. The Morgan fingerprint density at radius 1 is 1.35 bits per heavy atom. The number of hydrogen-bond donors (Lipinski definition) is 1. The minimum absolute atomic E-state index is 0.0768. The minimum atomic E-state index is -0.448. The van der Waals surface area contributed by atoms with Gasteiger partial charge in [-0.1, -0.05) is 17.8 Å². The topological polar surface area (TPSA) is 75.2 Å². The molecule has 1 aliphatic heterocycles. The van der Waals surface area contributed by atoms with Crippen LogP contribution in [0.2, 0.25) is 0 Å². The van der Waals surface area contributed by atoms with E-state index in [4.69, 9.17) is 0 Å². The summed E-state index contributed by atoms with van der Waals surface area (Å²) in [7, 11) is 1.71. The average molecular weight is 328 g/mol. The van der Waals surface area contributed by atoms with Gasteiger partial charge < -0.3 is 10.2 Å². The summed E-state index contributed by atoms with van der Waals surface area (Å²) in [5.74, 6) is -0.237. The molecule has 1 N–H and O–H groups in total. The molecular formula is C16H16N4O2S. The van der Waals surface area contributed by atoms with E-state index >= 15 is 0 Å². The standard InChI is InChI=1S/C16H16N4O2S/c1-20-12-5-3-7-18-15(12)23-13(16(20)22)8-14(21)19-10-11-4-2-6-17-9-11/h2-7,9,13H,8,10H2,1H3,(H,19,21). The molecule has 118 valence electrons. The summed E-state index contributed by atoms with van der Waals surface area (Å²) < 4.78 is 0. The lowest BCUT2D eigenvalue weighted by molar-refractivity contribution is -0.124. The fourth-order valence-electron chi connectivity index (χ4n) is 2.32. The van der Waals surface area contributed by atoms with E-state index in [0.29, 0.717) is 6.54 Å². The summed E-state index contributed by atoms with van der Waals surface area (Å²) in [4.78, 5) is 34.4. The molecule has 1 atom stereocenters. The number of hydrogen-bond acceptors (Lipinski definition) is 5. The van der Waals surface area contributed by atoms with Crippen LogP contribution in [-0.4, -0.2) is 34.1 Å². The zero-order valence-corrected chi connectivity index (χ0v) is 13.4. The van der Waals surface area contributed by atoms with Crippen LogP contribution in [-0.2, 0) is 16.1 Å². The molecular weight excluding hydrogens is 312 g/mol. The van der Waals surface area contributed by atoms with Gasteiger partial charge >= 0.3 is 0 Å². The van der Waals surface area contributed by atoms with Crippen molar-refractivity contribution in [1.82, 2.24) is 15.3 Å². The molecule has 1 aliphatic rings. The van der Waals surface area contributed by atoms with Gasteiger partial charge in [-0.05, 0) is 23.8 Å². The number of carbonyl (C=O) groups excluding carboxylic acids is 2. The van der Waals surface area contributed by atoms with Crippen LogP contribution in [0.4, 0.5) is 5.69 Å². The van der Waals surface area contributed by atoms with Crippen molar-refractivity contribution in [3.8, 4) is 0 Å². The third kappa shape index (κ3) is 3.50. The molecule has 0 bridgehead atoms. The number of pyridine rings is 2. The molecule has 2 aromatic rings. The second-order valence-corrected chi connectivity index (χ2v) is 6.36. The molecule has 23 heavy (non-hydrogen) atoms. The number of fused-ring (bicyclic) bond motifs is 1. The highest BCUT2D eigenvalue weighted by Gasteiger charge is 2.33. The van der Waals surface area contributed by atoms with Gasteiger partial charge in [0.25, 0.3) is 0 Å². The van der Waals surface area contributed by atoms with E-state index in [1.807, 2.05) is 18.2 Å². The van der Waals surface area contributed by atoms with Gasteiger partial charge in [0.1, 0.15) is 5.03 Å². The van der Waals surface area contributed by atoms with Gasteiger partial charge in [-0.3, -0.25) is 14.6 Å². The van der Waals surface area contributed by atoms with Crippen LogP contribution in [0.25, 0.3) is 0 Å². The molecule has 2 aromatic heterocycles. The van der Waals surface area contributed by atoms with Crippen LogP contribution < -0.4 is 10.2 Å². The first-order valence-corrected chi connectivity index (χ1v) is 8.08. The molecule has 0 aromatic carbocycles. The Labute approximate surface area is 138 Å². The molecule has 3 rings (SSSR count). The lowest BCUT2D eigenvalue weighted by atomic mass is 10.2. The molecule has 0 saturated heterocycles. The Balaban J connectivity index is 1.62. The van der Waals surface area contributed by atoms with Crippen LogP contribution in [0.5, 0.6) is 0 Å². The third-order valence-corrected chi connectivity index (χ3v) is 4.75. The summed E-state index contributed by atoms with van der Waals surface area (Å²) in [5.41, 5.74) is 1.71. The lowest BCUT2D eigenvalue weighted by Crippen LogP contribution is -2.41. The zero-order valence-electron chi connectivity index (χ0n) is 12.6. The highest BCUT2D eigenvalue weighted by atomic mass is 32.2. The number of nitrogens with one attached hydrogen (secondary N) is 1. The highest BCUT2D eigenvalue weighted by Crippen LogP contribution is 2.37. The second kappa shape index (κ2) is 6.78. The predicted octanol–water partition coefficient (Wildman–Crippen LogP) is 1.62. The normalized spacial score (nSPS) is 16.8. The summed E-state index contributed by atoms with van der Waals surface area (Å²) in [6.45, 7) is 0.406. The maximum absolute atomic E-state index is 12.4. The van der Waals surface area contributed by atoms with Crippen molar-refractivity contribution in [2.45, 2.75) is 23.2 Å². The molecule has 3 heterocycles. The van der Waals surface area contributed by atoms with Crippen LogP contribution in [0.3, 0.4) is 0 Å². The van der Waals surface area contributed by atoms with Crippen molar-refractivity contribution in [2.24, 2.45) is 0 Å². The van der Waals surface area contributed by atoms with Crippen molar-refractivity contribution in [3.63, 3.8) is 0 Å². The van der Waals surface area contributed by atoms with E-state index in [9.17, 15) is 9.59 Å². The van der Waals surface area contributed by atoms with Gasteiger partial charge in [0, 0.05) is 38.6 Å². The number of carbonyl (C=O) groups is 2. The largest absolute Gasteiger partial charge is 0.352 e. The molecule has 0 aliphatic carbocycles. The first-order valence-electron chi connectivity index (χ1n) is 7.20. The fraction of sp³-hybridized carbons (Fsp3) is 0.250. The Bertz CT molecular complexity index is 723. The smallest absolute Gasteiger partial charge is 0.240 e. The number of aromatic nitrogens is 2. The van der Waals surface area contributed by atoms with Crippen LogP contribution >= 0.6 is 11.8 Å². The highest BCUT2D eigenvalue weighted by molar-refractivity contribution is 8.00.